The minimum absolute atomic E-state index is 0.0242. The van der Waals surface area contributed by atoms with E-state index in [2.05, 4.69) is 10.2 Å². The normalized spacial score (nSPS) is 16.2. The number of Topliss-reactive ketones (excluding diaryl/α,β-unsaturated/α-hetero) is 1. The first kappa shape index (κ1) is 17.3. The Balaban J connectivity index is 1.84. The van der Waals surface area contributed by atoms with E-state index in [1.54, 1.807) is 24.3 Å². The zero-order chi connectivity index (χ0) is 17.6. The van der Waals surface area contributed by atoms with E-state index in [4.69, 9.17) is 4.74 Å². The van der Waals surface area contributed by atoms with Crippen LogP contribution in [0.3, 0.4) is 0 Å². The van der Waals surface area contributed by atoms with Crippen LogP contribution in [-0.4, -0.2) is 42.9 Å². The van der Waals surface area contributed by atoms with E-state index < -0.39 is 0 Å². The number of carbonyl (C=O) groups is 2. The van der Waals surface area contributed by atoms with Crippen LogP contribution in [0.25, 0.3) is 0 Å². The maximum Gasteiger partial charge on any atom is 0.246 e. The minimum atomic E-state index is -0.383. The molecule has 5 heteroatoms. The van der Waals surface area contributed by atoms with Crippen LogP contribution in [-0.2, 0) is 9.53 Å². The fourth-order valence-corrected chi connectivity index (χ4v) is 3.03. The highest BCUT2D eigenvalue weighted by Gasteiger charge is 2.29. The quantitative estimate of drug-likeness (QED) is 0.852. The number of anilines is 1. The van der Waals surface area contributed by atoms with Crippen molar-refractivity contribution >= 4 is 17.4 Å². The lowest BCUT2D eigenvalue weighted by Crippen LogP contribution is -2.43. The van der Waals surface area contributed by atoms with Gasteiger partial charge in [0.2, 0.25) is 5.91 Å². The largest absolute Gasteiger partial charge is 0.379 e. The van der Waals surface area contributed by atoms with Crippen molar-refractivity contribution in [2.75, 3.05) is 31.6 Å². The summed E-state index contributed by atoms with van der Waals surface area (Å²) in [7, 11) is 0. The van der Waals surface area contributed by atoms with Gasteiger partial charge < -0.3 is 10.1 Å². The van der Waals surface area contributed by atoms with E-state index >= 15 is 0 Å². The fraction of sp³-hybridized carbons (Fsp3) is 0.300. The Morgan fingerprint density at radius 2 is 1.76 bits per heavy atom. The summed E-state index contributed by atoms with van der Waals surface area (Å²) >= 11 is 0. The number of hydrogen-bond donors (Lipinski definition) is 1. The van der Waals surface area contributed by atoms with Crippen LogP contribution in [0.2, 0.25) is 0 Å². The van der Waals surface area contributed by atoms with Gasteiger partial charge in [-0.05, 0) is 24.6 Å². The first-order chi connectivity index (χ1) is 12.1. The first-order valence-corrected chi connectivity index (χ1v) is 8.44. The van der Waals surface area contributed by atoms with Crippen molar-refractivity contribution in [3.8, 4) is 0 Å². The Labute approximate surface area is 147 Å². The monoisotopic (exact) mass is 338 g/mol. The van der Waals surface area contributed by atoms with Crippen LogP contribution in [0.1, 0.15) is 28.9 Å². The molecule has 25 heavy (non-hydrogen) atoms. The van der Waals surface area contributed by atoms with Gasteiger partial charge in [0, 0.05) is 24.3 Å². The maximum absolute atomic E-state index is 13.0. The summed E-state index contributed by atoms with van der Waals surface area (Å²) in [5.41, 5.74) is 2.16. The number of nitrogens with zero attached hydrogens (tertiary/aromatic N) is 1. The molecule has 0 spiro atoms. The zero-order valence-electron chi connectivity index (χ0n) is 14.3. The molecule has 130 valence electrons. The molecule has 1 aliphatic rings. The van der Waals surface area contributed by atoms with E-state index in [1.165, 1.54) is 6.92 Å². The molecule has 3 rings (SSSR count). The number of amides is 1. The first-order valence-electron chi connectivity index (χ1n) is 8.44. The fourth-order valence-electron chi connectivity index (χ4n) is 3.03. The summed E-state index contributed by atoms with van der Waals surface area (Å²) in [4.78, 5) is 26.7. The molecule has 2 aromatic carbocycles. The molecular weight excluding hydrogens is 316 g/mol. The molecule has 1 heterocycles. The molecule has 0 saturated carbocycles. The van der Waals surface area contributed by atoms with Crippen molar-refractivity contribution in [3.05, 3.63) is 65.7 Å². The molecule has 1 N–H and O–H groups in total. The minimum Gasteiger partial charge on any atom is -0.379 e. The molecule has 1 saturated heterocycles. The third-order valence-electron chi connectivity index (χ3n) is 4.31. The topological polar surface area (TPSA) is 58.6 Å². The van der Waals surface area contributed by atoms with Crippen LogP contribution in [0.15, 0.2) is 54.6 Å². The smallest absolute Gasteiger partial charge is 0.246 e. The molecule has 0 unspecified atom stereocenters. The number of hydrogen-bond acceptors (Lipinski definition) is 4. The van der Waals surface area contributed by atoms with E-state index in [1.807, 2.05) is 30.3 Å². The Bertz CT molecular complexity index is 740. The molecule has 1 atom stereocenters. The zero-order valence-corrected chi connectivity index (χ0v) is 14.3. The van der Waals surface area contributed by atoms with Gasteiger partial charge in [0.15, 0.2) is 5.78 Å². The molecule has 1 aliphatic heterocycles. The Morgan fingerprint density at radius 3 is 2.44 bits per heavy atom. The highest BCUT2D eigenvalue weighted by Crippen LogP contribution is 2.24. The van der Waals surface area contributed by atoms with Crippen molar-refractivity contribution in [2.24, 2.45) is 0 Å². The van der Waals surface area contributed by atoms with Crippen LogP contribution >= 0.6 is 0 Å². The summed E-state index contributed by atoms with van der Waals surface area (Å²) in [5, 5.41) is 2.96. The molecule has 2 aromatic rings. The van der Waals surface area contributed by atoms with Crippen LogP contribution in [0.4, 0.5) is 5.69 Å². The Morgan fingerprint density at radius 1 is 1.04 bits per heavy atom. The number of morpholine rings is 1. The van der Waals surface area contributed by atoms with Crippen LogP contribution in [0, 0.1) is 0 Å². The second-order valence-corrected chi connectivity index (χ2v) is 6.09. The van der Waals surface area contributed by atoms with E-state index in [-0.39, 0.29) is 17.7 Å². The Hall–Kier alpha value is -2.50. The van der Waals surface area contributed by atoms with Gasteiger partial charge in [-0.25, -0.2) is 0 Å². The second kappa shape index (κ2) is 8.05. The molecule has 0 aliphatic carbocycles. The number of rotatable bonds is 5. The van der Waals surface area contributed by atoms with Gasteiger partial charge in [-0.2, -0.15) is 0 Å². The molecule has 1 fully saturated rings. The van der Waals surface area contributed by atoms with Crippen LogP contribution in [0.5, 0.6) is 0 Å². The average molecular weight is 338 g/mol. The lowest BCUT2D eigenvalue weighted by atomic mass is 10.0. The van der Waals surface area contributed by atoms with Crippen molar-refractivity contribution in [1.82, 2.24) is 4.90 Å². The molecule has 1 amide bonds. The highest BCUT2D eigenvalue weighted by atomic mass is 16.5. The second-order valence-electron chi connectivity index (χ2n) is 6.09. The van der Waals surface area contributed by atoms with Gasteiger partial charge in [0.1, 0.15) is 6.04 Å². The summed E-state index contributed by atoms with van der Waals surface area (Å²) in [6.45, 7) is 4.18. The number of ketones is 1. The number of carbonyl (C=O) groups excluding carboxylic acids is 2. The highest BCUT2D eigenvalue weighted by molar-refractivity contribution is 5.98. The van der Waals surface area contributed by atoms with E-state index in [0.717, 1.165) is 5.56 Å². The van der Waals surface area contributed by atoms with Crippen molar-refractivity contribution < 1.29 is 14.3 Å². The van der Waals surface area contributed by atoms with Gasteiger partial charge in [-0.1, -0.05) is 42.5 Å². The van der Waals surface area contributed by atoms with Crippen molar-refractivity contribution in [1.29, 1.82) is 0 Å². The standard InChI is InChI=1S/C20H22N2O3/c1-15(23)17-8-5-9-18(14-17)21-20(24)19(16-6-3-2-4-7-16)22-10-12-25-13-11-22/h2-9,14,19H,10-13H2,1H3,(H,21,24)/t19-/m0/s1. The van der Waals surface area contributed by atoms with Gasteiger partial charge in [-0.3, -0.25) is 14.5 Å². The number of benzene rings is 2. The van der Waals surface area contributed by atoms with E-state index in [9.17, 15) is 9.59 Å². The van der Waals surface area contributed by atoms with Crippen molar-refractivity contribution in [2.45, 2.75) is 13.0 Å². The summed E-state index contributed by atoms with van der Waals surface area (Å²) in [6, 6.07) is 16.4. The van der Waals surface area contributed by atoms with Gasteiger partial charge in [0.05, 0.1) is 13.2 Å². The molecule has 5 nitrogen and oxygen atoms in total. The average Bonchev–Trinajstić information content (AvgIpc) is 2.64. The van der Waals surface area contributed by atoms with E-state index in [0.29, 0.717) is 37.6 Å². The molecular formula is C20H22N2O3. The van der Waals surface area contributed by atoms with Gasteiger partial charge in [0.25, 0.3) is 0 Å². The lowest BCUT2D eigenvalue weighted by molar-refractivity contribution is -0.123. The lowest BCUT2D eigenvalue weighted by Gasteiger charge is -2.33. The van der Waals surface area contributed by atoms with Crippen LogP contribution < -0.4 is 5.32 Å². The van der Waals surface area contributed by atoms with Crippen molar-refractivity contribution in [3.63, 3.8) is 0 Å². The summed E-state index contributed by atoms with van der Waals surface area (Å²) < 4.78 is 5.41. The summed E-state index contributed by atoms with van der Waals surface area (Å²) in [6.07, 6.45) is 0. The molecule has 0 radical (unpaired) electrons. The summed E-state index contributed by atoms with van der Waals surface area (Å²) in [5.74, 6) is -0.127. The maximum atomic E-state index is 13.0. The number of ether oxygens (including phenoxy) is 1. The third kappa shape index (κ3) is 4.32. The molecule has 0 bridgehead atoms. The predicted molar refractivity (Wildman–Crippen MR) is 96.7 cm³/mol. The third-order valence-corrected chi connectivity index (χ3v) is 4.31. The SMILES string of the molecule is CC(=O)c1cccc(NC(=O)[C@H](c2ccccc2)N2CCOCC2)c1. The predicted octanol–water partition coefficient (Wildman–Crippen LogP) is 2.90. The van der Waals surface area contributed by atoms with Gasteiger partial charge >= 0.3 is 0 Å². The van der Waals surface area contributed by atoms with Gasteiger partial charge in [-0.15, -0.1) is 0 Å². The number of nitrogens with one attached hydrogen (secondary N) is 1. The Kier molecular flexibility index (Phi) is 5.58. The molecule has 0 aromatic heterocycles.